The van der Waals surface area contributed by atoms with Crippen LogP contribution in [0.5, 0.6) is 0 Å². The molecule has 3 aromatic carbocycles. The first-order chi connectivity index (χ1) is 18.4. The molecule has 5 aromatic rings. The quantitative estimate of drug-likeness (QED) is 0.285. The molecule has 0 fully saturated rings. The monoisotopic (exact) mass is 501 g/mol. The fraction of sp³-hybridized carbons (Fsp3) is 0.133. The van der Waals surface area contributed by atoms with Gasteiger partial charge < -0.3 is 16.0 Å². The Labute approximate surface area is 220 Å². The van der Waals surface area contributed by atoms with Gasteiger partial charge >= 0.3 is 0 Å². The maximum atomic E-state index is 14.3. The van der Waals surface area contributed by atoms with E-state index in [1.165, 1.54) is 6.20 Å². The number of para-hydroxylation sites is 1. The summed E-state index contributed by atoms with van der Waals surface area (Å²) in [5.41, 5.74) is 10.3. The van der Waals surface area contributed by atoms with Crippen molar-refractivity contribution in [2.75, 3.05) is 30.0 Å². The third kappa shape index (κ3) is 4.53. The molecule has 0 amide bonds. The molecular formula is C30H27N7O. The number of pyridine rings is 1. The molecule has 0 unspecified atom stereocenters. The summed E-state index contributed by atoms with van der Waals surface area (Å²) in [5, 5.41) is 4.74. The van der Waals surface area contributed by atoms with Crippen molar-refractivity contribution < 1.29 is 0 Å². The topological polar surface area (TPSA) is 93.4 Å². The summed E-state index contributed by atoms with van der Waals surface area (Å²) in [4.78, 5) is 28.0. The predicted octanol–water partition coefficient (Wildman–Crippen LogP) is 5.82. The minimum Gasteiger partial charge on any atom is -0.378 e. The standard InChI is InChI=1S/C30H27N7O/c1-19(34-28-25(32-2)18-33-30(31)35-28)26-17-21-9-8-12-24(20-13-15-22(16-14-20)36(3)4)27(21)29(38)37(26)23-10-6-5-7-11-23/h5-19H,1,3-4H3,(H3,31,33,34,35)/t19-/m0/s1. The number of benzene rings is 3. The third-order valence-electron chi connectivity index (χ3n) is 6.49. The van der Waals surface area contributed by atoms with E-state index in [-0.39, 0.29) is 23.2 Å². The van der Waals surface area contributed by atoms with Gasteiger partial charge in [0.15, 0.2) is 0 Å². The van der Waals surface area contributed by atoms with Gasteiger partial charge in [-0.2, -0.15) is 0 Å². The van der Waals surface area contributed by atoms with E-state index in [1.54, 1.807) is 4.57 Å². The molecule has 5 rings (SSSR count). The van der Waals surface area contributed by atoms with E-state index in [9.17, 15) is 4.79 Å². The summed E-state index contributed by atoms with van der Waals surface area (Å²) in [6, 6.07) is 25.3. The largest absolute Gasteiger partial charge is 0.378 e. The van der Waals surface area contributed by atoms with Crippen LogP contribution in [-0.4, -0.2) is 28.6 Å². The highest BCUT2D eigenvalue weighted by molar-refractivity contribution is 5.96. The van der Waals surface area contributed by atoms with Crippen molar-refractivity contribution in [3.63, 3.8) is 0 Å². The second kappa shape index (κ2) is 10.1. The van der Waals surface area contributed by atoms with Gasteiger partial charge in [0.25, 0.3) is 5.56 Å². The molecule has 8 nitrogen and oxygen atoms in total. The lowest BCUT2D eigenvalue weighted by Crippen LogP contribution is -2.26. The molecule has 0 aliphatic rings. The molecule has 3 N–H and O–H groups in total. The van der Waals surface area contributed by atoms with Crippen molar-refractivity contribution in [3.8, 4) is 16.8 Å². The Kier molecular flexibility index (Phi) is 6.50. The molecule has 0 aliphatic heterocycles. The van der Waals surface area contributed by atoms with Crippen LogP contribution < -0.4 is 21.5 Å². The predicted molar refractivity (Wildman–Crippen MR) is 154 cm³/mol. The molecule has 2 heterocycles. The van der Waals surface area contributed by atoms with E-state index < -0.39 is 0 Å². The van der Waals surface area contributed by atoms with Gasteiger partial charge in [-0.15, -0.1) is 0 Å². The van der Waals surface area contributed by atoms with E-state index in [1.807, 2.05) is 105 Å². The zero-order valence-electron chi connectivity index (χ0n) is 21.4. The van der Waals surface area contributed by atoms with Crippen molar-refractivity contribution in [1.29, 1.82) is 0 Å². The Hall–Kier alpha value is -5.16. The molecule has 2 aromatic heterocycles. The van der Waals surface area contributed by atoms with Gasteiger partial charge in [0.2, 0.25) is 11.6 Å². The van der Waals surface area contributed by atoms with Crippen LogP contribution in [-0.2, 0) is 0 Å². The summed E-state index contributed by atoms with van der Waals surface area (Å²) < 4.78 is 1.72. The lowest BCUT2D eigenvalue weighted by Gasteiger charge is -2.22. The molecule has 38 heavy (non-hydrogen) atoms. The average molecular weight is 502 g/mol. The highest BCUT2D eigenvalue weighted by Gasteiger charge is 2.20. The first kappa shape index (κ1) is 24.5. The van der Waals surface area contributed by atoms with Crippen LogP contribution in [0.3, 0.4) is 0 Å². The first-order valence-corrected chi connectivity index (χ1v) is 12.2. The van der Waals surface area contributed by atoms with Crippen LogP contribution in [0.2, 0.25) is 0 Å². The maximum Gasteiger partial charge on any atom is 0.263 e. The molecule has 0 saturated heterocycles. The van der Waals surface area contributed by atoms with E-state index in [0.717, 1.165) is 33.6 Å². The zero-order valence-corrected chi connectivity index (χ0v) is 21.4. The lowest BCUT2D eigenvalue weighted by molar-refractivity contribution is 0.774. The van der Waals surface area contributed by atoms with Crippen LogP contribution in [0.4, 0.5) is 23.1 Å². The molecule has 0 spiro atoms. The van der Waals surface area contributed by atoms with Crippen molar-refractivity contribution in [2.24, 2.45) is 0 Å². The zero-order chi connectivity index (χ0) is 26.8. The number of fused-ring (bicyclic) bond motifs is 1. The maximum absolute atomic E-state index is 14.3. The number of hydrogen-bond acceptors (Lipinski definition) is 6. The number of hydrogen-bond donors (Lipinski definition) is 2. The molecular weight excluding hydrogens is 474 g/mol. The number of nitrogen functional groups attached to an aromatic ring is 1. The van der Waals surface area contributed by atoms with Crippen molar-refractivity contribution in [3.05, 3.63) is 113 Å². The summed E-state index contributed by atoms with van der Waals surface area (Å²) in [5.74, 6) is 0.387. The van der Waals surface area contributed by atoms with Gasteiger partial charge in [-0.05, 0) is 53.8 Å². The molecule has 188 valence electrons. The number of nitrogens with zero attached hydrogens (tertiary/aromatic N) is 5. The van der Waals surface area contributed by atoms with Gasteiger partial charge in [-0.25, -0.2) is 14.8 Å². The SMILES string of the molecule is [C-]#[N+]c1cnc(N)nc1N[C@@H](C)c1cc2cccc(-c3ccc(N(C)C)cc3)c2c(=O)n1-c1ccccc1. The van der Waals surface area contributed by atoms with E-state index >= 15 is 0 Å². The molecule has 0 radical (unpaired) electrons. The summed E-state index contributed by atoms with van der Waals surface area (Å²) in [6.45, 7) is 9.40. The molecule has 0 saturated carbocycles. The second-order valence-electron chi connectivity index (χ2n) is 9.20. The normalized spacial score (nSPS) is 11.6. The Bertz CT molecular complexity index is 1720. The van der Waals surface area contributed by atoms with Gasteiger partial charge in [0.1, 0.15) is 5.82 Å². The fourth-order valence-corrected chi connectivity index (χ4v) is 4.58. The summed E-state index contributed by atoms with van der Waals surface area (Å²) >= 11 is 0. The van der Waals surface area contributed by atoms with Crippen molar-refractivity contribution in [1.82, 2.24) is 14.5 Å². The first-order valence-electron chi connectivity index (χ1n) is 12.2. The minimum absolute atomic E-state index is 0.0657. The average Bonchev–Trinajstić information content (AvgIpc) is 2.93. The van der Waals surface area contributed by atoms with Crippen LogP contribution in [0.15, 0.2) is 89.9 Å². The number of rotatable bonds is 6. The van der Waals surface area contributed by atoms with Gasteiger partial charge in [0, 0.05) is 37.4 Å². The summed E-state index contributed by atoms with van der Waals surface area (Å²) in [6.07, 6.45) is 1.39. The number of nitrogens with two attached hydrogens (primary N) is 1. The van der Waals surface area contributed by atoms with E-state index in [4.69, 9.17) is 12.3 Å². The lowest BCUT2D eigenvalue weighted by atomic mass is 9.97. The fourth-order valence-electron chi connectivity index (χ4n) is 4.58. The van der Waals surface area contributed by atoms with Crippen LogP contribution in [0, 0.1) is 6.57 Å². The van der Waals surface area contributed by atoms with Gasteiger partial charge in [-0.3, -0.25) is 9.36 Å². The molecule has 1 atom stereocenters. The van der Waals surface area contributed by atoms with Crippen molar-refractivity contribution in [2.45, 2.75) is 13.0 Å². The number of aromatic nitrogens is 3. The Morgan fingerprint density at radius 3 is 2.45 bits per heavy atom. The Morgan fingerprint density at radius 1 is 1.03 bits per heavy atom. The smallest absolute Gasteiger partial charge is 0.263 e. The van der Waals surface area contributed by atoms with E-state index in [0.29, 0.717) is 11.2 Å². The van der Waals surface area contributed by atoms with Gasteiger partial charge in [0.05, 0.1) is 18.0 Å². The molecule has 8 heteroatoms. The van der Waals surface area contributed by atoms with Crippen molar-refractivity contribution >= 4 is 33.9 Å². The molecule has 0 bridgehead atoms. The highest BCUT2D eigenvalue weighted by atomic mass is 16.1. The Balaban J connectivity index is 1.72. The number of anilines is 3. The Morgan fingerprint density at radius 2 is 1.76 bits per heavy atom. The molecule has 0 aliphatic carbocycles. The minimum atomic E-state index is -0.384. The summed E-state index contributed by atoms with van der Waals surface area (Å²) in [7, 11) is 4.00. The van der Waals surface area contributed by atoms with Gasteiger partial charge in [-0.1, -0.05) is 48.5 Å². The number of nitrogens with one attached hydrogen (secondary N) is 1. The second-order valence-corrected chi connectivity index (χ2v) is 9.20. The van der Waals surface area contributed by atoms with Crippen LogP contribution in [0.25, 0.3) is 32.4 Å². The highest BCUT2D eigenvalue weighted by Crippen LogP contribution is 2.32. The van der Waals surface area contributed by atoms with E-state index in [2.05, 4.69) is 20.1 Å². The van der Waals surface area contributed by atoms with Crippen LogP contribution >= 0.6 is 0 Å². The van der Waals surface area contributed by atoms with Crippen LogP contribution in [0.1, 0.15) is 18.7 Å². The third-order valence-corrected chi connectivity index (χ3v) is 6.49.